The molecule has 1 amide bonds. The fourth-order valence-corrected chi connectivity index (χ4v) is 3.15. The summed E-state index contributed by atoms with van der Waals surface area (Å²) in [6, 6.07) is 8.03. The van der Waals surface area contributed by atoms with Gasteiger partial charge < -0.3 is 11.1 Å². The Morgan fingerprint density at radius 3 is 2.70 bits per heavy atom. The summed E-state index contributed by atoms with van der Waals surface area (Å²) in [6.45, 7) is 2.71. The molecule has 0 heterocycles. The summed E-state index contributed by atoms with van der Waals surface area (Å²) >= 11 is 0. The van der Waals surface area contributed by atoms with Gasteiger partial charge in [-0.05, 0) is 50.3 Å². The van der Waals surface area contributed by atoms with Gasteiger partial charge >= 0.3 is 0 Å². The average Bonchev–Trinajstić information content (AvgIpc) is 2.49. The Kier molecular flexibility index (Phi) is 5.60. The summed E-state index contributed by atoms with van der Waals surface area (Å²) in [5.74, 6) is 0.682. The van der Waals surface area contributed by atoms with Crippen molar-refractivity contribution in [3.05, 3.63) is 35.4 Å². The Morgan fingerprint density at radius 2 is 2.00 bits per heavy atom. The summed E-state index contributed by atoms with van der Waals surface area (Å²) in [5.41, 5.74) is 7.44. The molecular weight excluding hydrogens is 248 g/mol. The third-order valence-electron chi connectivity index (χ3n) is 4.39. The highest BCUT2D eigenvalue weighted by atomic mass is 16.1. The van der Waals surface area contributed by atoms with Crippen LogP contribution in [-0.2, 0) is 6.42 Å². The molecule has 0 bridgehead atoms. The molecule has 1 aromatic carbocycles. The SMILES string of the molecule is C[C@@H](NC(=O)c1ccccc1CCN)C1CCCCC1. The second-order valence-corrected chi connectivity index (χ2v) is 5.86. The van der Waals surface area contributed by atoms with Crippen LogP contribution in [0.3, 0.4) is 0 Å². The van der Waals surface area contributed by atoms with E-state index in [-0.39, 0.29) is 11.9 Å². The third kappa shape index (κ3) is 3.83. The summed E-state index contributed by atoms with van der Waals surface area (Å²) in [5, 5.41) is 3.18. The molecule has 1 atom stereocenters. The Hall–Kier alpha value is -1.35. The van der Waals surface area contributed by atoms with Crippen molar-refractivity contribution in [1.29, 1.82) is 0 Å². The van der Waals surface area contributed by atoms with E-state index in [4.69, 9.17) is 5.73 Å². The molecule has 3 heteroatoms. The summed E-state index contributed by atoms with van der Waals surface area (Å²) in [4.78, 5) is 12.4. The molecule has 1 aromatic rings. The molecule has 1 fully saturated rings. The van der Waals surface area contributed by atoms with Gasteiger partial charge in [0.25, 0.3) is 5.91 Å². The van der Waals surface area contributed by atoms with E-state index in [1.54, 1.807) is 0 Å². The zero-order valence-electron chi connectivity index (χ0n) is 12.4. The van der Waals surface area contributed by atoms with Gasteiger partial charge in [0.15, 0.2) is 0 Å². The number of nitrogens with two attached hydrogens (primary N) is 1. The normalized spacial score (nSPS) is 17.7. The van der Waals surface area contributed by atoms with E-state index in [0.29, 0.717) is 12.5 Å². The predicted molar refractivity (Wildman–Crippen MR) is 82.7 cm³/mol. The Bertz CT molecular complexity index is 438. The minimum atomic E-state index is 0.0483. The van der Waals surface area contributed by atoms with Crippen LogP contribution in [-0.4, -0.2) is 18.5 Å². The van der Waals surface area contributed by atoms with Crippen molar-refractivity contribution in [2.75, 3.05) is 6.54 Å². The molecule has 1 aliphatic rings. The first-order valence-corrected chi connectivity index (χ1v) is 7.81. The van der Waals surface area contributed by atoms with Gasteiger partial charge in [-0.3, -0.25) is 4.79 Å². The van der Waals surface area contributed by atoms with Crippen molar-refractivity contribution in [3.8, 4) is 0 Å². The molecule has 0 aromatic heterocycles. The van der Waals surface area contributed by atoms with Crippen molar-refractivity contribution >= 4 is 5.91 Å². The molecule has 2 rings (SSSR count). The van der Waals surface area contributed by atoms with Crippen LogP contribution in [0.1, 0.15) is 54.9 Å². The second kappa shape index (κ2) is 7.44. The molecule has 1 aliphatic carbocycles. The molecule has 0 spiro atoms. The lowest BCUT2D eigenvalue weighted by Crippen LogP contribution is -2.39. The van der Waals surface area contributed by atoms with Gasteiger partial charge in [0.1, 0.15) is 0 Å². The molecule has 0 unspecified atom stereocenters. The van der Waals surface area contributed by atoms with Gasteiger partial charge in [-0.2, -0.15) is 0 Å². The highest BCUT2D eigenvalue weighted by Gasteiger charge is 2.22. The topological polar surface area (TPSA) is 55.1 Å². The lowest BCUT2D eigenvalue weighted by molar-refractivity contribution is 0.0918. The minimum Gasteiger partial charge on any atom is -0.349 e. The second-order valence-electron chi connectivity index (χ2n) is 5.86. The van der Waals surface area contributed by atoms with E-state index in [0.717, 1.165) is 17.5 Å². The van der Waals surface area contributed by atoms with E-state index >= 15 is 0 Å². The van der Waals surface area contributed by atoms with Crippen molar-refractivity contribution in [2.24, 2.45) is 11.7 Å². The van der Waals surface area contributed by atoms with Crippen LogP contribution in [0.5, 0.6) is 0 Å². The van der Waals surface area contributed by atoms with E-state index in [2.05, 4.69) is 12.2 Å². The molecular formula is C17H26N2O. The standard InChI is InChI=1S/C17H26N2O/c1-13(14-7-3-2-4-8-14)19-17(20)16-10-6-5-9-15(16)11-12-18/h5-6,9-10,13-14H,2-4,7-8,11-12,18H2,1H3,(H,19,20)/t13-/m1/s1. The van der Waals surface area contributed by atoms with Crippen molar-refractivity contribution in [1.82, 2.24) is 5.32 Å². The van der Waals surface area contributed by atoms with Crippen LogP contribution >= 0.6 is 0 Å². The van der Waals surface area contributed by atoms with Crippen LogP contribution in [0, 0.1) is 5.92 Å². The van der Waals surface area contributed by atoms with Gasteiger partial charge in [0.05, 0.1) is 0 Å². The maximum Gasteiger partial charge on any atom is 0.251 e. The quantitative estimate of drug-likeness (QED) is 0.867. The zero-order valence-corrected chi connectivity index (χ0v) is 12.4. The maximum atomic E-state index is 12.4. The summed E-state index contributed by atoms with van der Waals surface area (Å²) < 4.78 is 0. The van der Waals surface area contributed by atoms with Gasteiger partial charge in [-0.1, -0.05) is 37.5 Å². The van der Waals surface area contributed by atoms with Gasteiger partial charge in [0.2, 0.25) is 0 Å². The number of hydrogen-bond acceptors (Lipinski definition) is 2. The highest BCUT2D eigenvalue weighted by Crippen LogP contribution is 2.26. The Morgan fingerprint density at radius 1 is 1.30 bits per heavy atom. The lowest BCUT2D eigenvalue weighted by Gasteiger charge is -2.28. The number of rotatable bonds is 5. The first kappa shape index (κ1) is 15.0. The number of carbonyl (C=O) groups is 1. The van der Waals surface area contributed by atoms with E-state index < -0.39 is 0 Å². The lowest BCUT2D eigenvalue weighted by atomic mass is 9.84. The Balaban J connectivity index is 2.00. The minimum absolute atomic E-state index is 0.0483. The first-order valence-electron chi connectivity index (χ1n) is 7.81. The smallest absolute Gasteiger partial charge is 0.251 e. The number of benzene rings is 1. The molecule has 110 valence electrons. The molecule has 0 aliphatic heterocycles. The van der Waals surface area contributed by atoms with Gasteiger partial charge in [-0.15, -0.1) is 0 Å². The summed E-state index contributed by atoms with van der Waals surface area (Å²) in [7, 11) is 0. The average molecular weight is 274 g/mol. The van der Waals surface area contributed by atoms with Crippen LogP contribution in [0.15, 0.2) is 24.3 Å². The van der Waals surface area contributed by atoms with Crippen LogP contribution < -0.4 is 11.1 Å². The monoisotopic (exact) mass is 274 g/mol. The number of amides is 1. The van der Waals surface area contributed by atoms with Crippen LogP contribution in [0.25, 0.3) is 0 Å². The van der Waals surface area contributed by atoms with Gasteiger partial charge in [-0.25, -0.2) is 0 Å². The fourth-order valence-electron chi connectivity index (χ4n) is 3.15. The Labute approximate surface area is 121 Å². The molecule has 3 N–H and O–H groups in total. The highest BCUT2D eigenvalue weighted by molar-refractivity contribution is 5.95. The fraction of sp³-hybridized carbons (Fsp3) is 0.588. The van der Waals surface area contributed by atoms with Crippen molar-refractivity contribution < 1.29 is 4.79 Å². The number of nitrogens with one attached hydrogen (secondary N) is 1. The van der Waals surface area contributed by atoms with Gasteiger partial charge in [0, 0.05) is 11.6 Å². The molecule has 20 heavy (non-hydrogen) atoms. The molecule has 1 saturated carbocycles. The number of carbonyl (C=O) groups excluding carboxylic acids is 1. The van der Waals surface area contributed by atoms with Crippen LogP contribution in [0.2, 0.25) is 0 Å². The zero-order chi connectivity index (χ0) is 14.4. The summed E-state index contributed by atoms with van der Waals surface area (Å²) in [6.07, 6.45) is 7.18. The third-order valence-corrected chi connectivity index (χ3v) is 4.39. The number of hydrogen-bond donors (Lipinski definition) is 2. The molecule has 3 nitrogen and oxygen atoms in total. The van der Waals surface area contributed by atoms with E-state index in [9.17, 15) is 4.79 Å². The molecule has 0 radical (unpaired) electrons. The van der Waals surface area contributed by atoms with Crippen molar-refractivity contribution in [3.63, 3.8) is 0 Å². The largest absolute Gasteiger partial charge is 0.349 e. The first-order chi connectivity index (χ1) is 9.72. The van der Waals surface area contributed by atoms with Crippen molar-refractivity contribution in [2.45, 2.75) is 51.5 Å². The maximum absolute atomic E-state index is 12.4. The van der Waals surface area contributed by atoms with E-state index in [1.807, 2.05) is 24.3 Å². The van der Waals surface area contributed by atoms with Crippen LogP contribution in [0.4, 0.5) is 0 Å². The van der Waals surface area contributed by atoms with E-state index in [1.165, 1.54) is 32.1 Å². The predicted octanol–water partition coefficient (Wildman–Crippen LogP) is 2.89. The molecule has 0 saturated heterocycles.